The van der Waals surface area contributed by atoms with Gasteiger partial charge in [0, 0.05) is 11.4 Å². The van der Waals surface area contributed by atoms with Gasteiger partial charge in [-0.15, -0.1) is 0 Å². The molecular weight excluding hydrogens is 654 g/mol. The summed E-state index contributed by atoms with van der Waals surface area (Å²) in [5.74, 6) is -0.308. The molecule has 9 N–H and O–H groups in total. The van der Waals surface area contributed by atoms with Gasteiger partial charge in [-0.3, -0.25) is 4.79 Å². The highest BCUT2D eigenvalue weighted by Gasteiger charge is 2.32. The third-order valence-electron chi connectivity index (χ3n) is 9.11. The van der Waals surface area contributed by atoms with Crippen molar-refractivity contribution in [3.63, 3.8) is 0 Å². The zero-order chi connectivity index (χ0) is 37.8. The number of anilines is 5. The number of carbonyl (C=O) groups excluding carboxylic acids is 2. The molecule has 5 rings (SSSR count). The van der Waals surface area contributed by atoms with E-state index in [2.05, 4.69) is 32.2 Å². The first-order chi connectivity index (χ1) is 24.5. The molecule has 1 aliphatic rings. The van der Waals surface area contributed by atoms with Crippen molar-refractivity contribution in [1.29, 1.82) is 0 Å². The molecule has 0 spiro atoms. The topological polar surface area (TPSA) is 178 Å². The summed E-state index contributed by atoms with van der Waals surface area (Å²) in [4.78, 5) is 26.8. The first kappa shape index (κ1) is 37.4. The Morgan fingerprint density at radius 2 is 1.44 bits per heavy atom. The molecule has 1 aliphatic carbocycles. The molecule has 0 amide bonds. The number of hydrogen-bond acceptors (Lipinski definition) is 10. The van der Waals surface area contributed by atoms with Crippen molar-refractivity contribution in [2.24, 2.45) is 11.3 Å². The lowest BCUT2D eigenvalue weighted by Crippen LogP contribution is -2.30. The number of ether oxygens (including phenoxy) is 3. The number of para-hydroxylation sites is 2. The summed E-state index contributed by atoms with van der Waals surface area (Å²) in [5.41, 5.74) is 29.0. The molecule has 272 valence electrons. The van der Waals surface area contributed by atoms with Gasteiger partial charge < -0.3 is 42.5 Å². The van der Waals surface area contributed by atoms with Crippen LogP contribution in [0.3, 0.4) is 0 Å². The number of esters is 2. The smallest absolute Gasteiger partial charge is 0.343 e. The van der Waals surface area contributed by atoms with E-state index in [0.717, 1.165) is 16.7 Å². The summed E-state index contributed by atoms with van der Waals surface area (Å²) >= 11 is 0. The summed E-state index contributed by atoms with van der Waals surface area (Å²) in [6.45, 7) is 12.4. The zero-order valence-electron chi connectivity index (χ0n) is 30.7. The minimum atomic E-state index is -0.670. The van der Waals surface area contributed by atoms with Crippen molar-refractivity contribution in [3.05, 3.63) is 119 Å². The van der Waals surface area contributed by atoms with E-state index < -0.39 is 23.4 Å². The molecule has 4 aromatic rings. The molecule has 2 atom stereocenters. The van der Waals surface area contributed by atoms with Crippen molar-refractivity contribution < 1.29 is 23.8 Å². The van der Waals surface area contributed by atoms with Gasteiger partial charge in [0.05, 0.1) is 34.1 Å². The average molecular weight is 704 g/mol. The van der Waals surface area contributed by atoms with Gasteiger partial charge in [-0.25, -0.2) is 4.79 Å². The Balaban J connectivity index is 1.35. The number of nitrogen functional groups attached to an aromatic ring is 4. The number of rotatable bonds is 11. The molecule has 0 saturated heterocycles. The standard InChI is InChI=1S/C42H49N5O5/c1-7-35(50-37-18-16-30(43)23-33(37)46)26-20-27(22-29(21-26)41(2,3)4)40(49)52-38-19-17-31(44)24-34(38)47-42(5,6)28-14-12-25(13-15-28)39(48)51-36-11-9-8-10-32(36)45/h8-21,23-24,27,35,47H,7,22,43-46H2,1-6H3. The fraction of sp³-hybridized carbons (Fsp3) is 0.286. The second-order valence-electron chi connectivity index (χ2n) is 14.6. The Hall–Kier alpha value is -5.90. The lowest BCUT2D eigenvalue weighted by Gasteiger charge is -2.32. The molecule has 52 heavy (non-hydrogen) atoms. The molecule has 0 heterocycles. The second kappa shape index (κ2) is 15.1. The van der Waals surface area contributed by atoms with Crippen LogP contribution in [0.4, 0.5) is 28.4 Å². The number of benzene rings is 4. The fourth-order valence-corrected chi connectivity index (χ4v) is 6.01. The summed E-state index contributed by atoms with van der Waals surface area (Å²) in [6.07, 6.45) is 4.87. The van der Waals surface area contributed by atoms with Gasteiger partial charge in [-0.1, -0.05) is 69.7 Å². The van der Waals surface area contributed by atoms with Crippen LogP contribution in [0, 0.1) is 11.3 Å². The van der Waals surface area contributed by atoms with Gasteiger partial charge in [-0.05, 0) is 104 Å². The number of allylic oxidation sites excluding steroid dienone is 1. The van der Waals surface area contributed by atoms with E-state index in [1.807, 2.05) is 39.0 Å². The Morgan fingerprint density at radius 1 is 0.788 bits per heavy atom. The van der Waals surface area contributed by atoms with Gasteiger partial charge in [0.15, 0.2) is 11.5 Å². The van der Waals surface area contributed by atoms with Gasteiger partial charge in [0.1, 0.15) is 11.9 Å². The number of nitrogens with one attached hydrogen (secondary N) is 1. The van der Waals surface area contributed by atoms with Crippen LogP contribution < -0.4 is 42.5 Å². The molecule has 2 unspecified atom stereocenters. The summed E-state index contributed by atoms with van der Waals surface area (Å²) in [7, 11) is 0. The summed E-state index contributed by atoms with van der Waals surface area (Å²) < 4.78 is 18.0. The van der Waals surface area contributed by atoms with E-state index in [9.17, 15) is 9.59 Å². The van der Waals surface area contributed by atoms with E-state index in [1.165, 1.54) is 0 Å². The predicted octanol–water partition coefficient (Wildman–Crippen LogP) is 8.26. The molecule has 10 nitrogen and oxygen atoms in total. The summed E-state index contributed by atoms with van der Waals surface area (Å²) in [5, 5.41) is 3.50. The zero-order valence-corrected chi connectivity index (χ0v) is 30.7. The van der Waals surface area contributed by atoms with E-state index in [4.69, 9.17) is 37.1 Å². The lowest BCUT2D eigenvalue weighted by atomic mass is 9.76. The van der Waals surface area contributed by atoms with Crippen molar-refractivity contribution in [2.45, 2.75) is 66.0 Å². The number of nitrogens with two attached hydrogens (primary N) is 4. The molecule has 0 fully saturated rings. The normalized spacial score (nSPS) is 15.2. The SMILES string of the molecule is CCC(Oc1ccc(N)cc1N)C1=CC(C(=O)Oc2ccc(N)cc2NC(C)(C)c2ccc(C(=O)Oc3ccccc3N)cc2)CC(C(C)(C)C)=C1. The highest BCUT2D eigenvalue weighted by atomic mass is 16.5. The maximum atomic E-state index is 14.0. The minimum Gasteiger partial charge on any atom is -0.484 e. The lowest BCUT2D eigenvalue weighted by molar-refractivity contribution is -0.137. The first-order valence-electron chi connectivity index (χ1n) is 17.3. The van der Waals surface area contributed by atoms with Crippen LogP contribution in [0.5, 0.6) is 17.2 Å². The molecular formula is C42H49N5O5. The van der Waals surface area contributed by atoms with E-state index in [0.29, 0.717) is 64.1 Å². The first-order valence-corrected chi connectivity index (χ1v) is 17.3. The molecule has 0 radical (unpaired) electrons. The second-order valence-corrected chi connectivity index (χ2v) is 14.6. The van der Waals surface area contributed by atoms with Crippen LogP contribution in [0.25, 0.3) is 0 Å². The summed E-state index contributed by atoms with van der Waals surface area (Å²) in [6, 6.07) is 24.2. The van der Waals surface area contributed by atoms with Crippen LogP contribution in [-0.4, -0.2) is 18.0 Å². The highest BCUT2D eigenvalue weighted by Crippen LogP contribution is 2.40. The van der Waals surface area contributed by atoms with Crippen LogP contribution in [-0.2, 0) is 10.3 Å². The molecule has 10 heteroatoms. The quantitative estimate of drug-likeness (QED) is 0.0580. The Morgan fingerprint density at radius 3 is 2.08 bits per heavy atom. The molecule has 0 aliphatic heterocycles. The van der Waals surface area contributed by atoms with Crippen LogP contribution in [0.15, 0.2) is 108 Å². The third kappa shape index (κ3) is 8.87. The van der Waals surface area contributed by atoms with Crippen LogP contribution >= 0.6 is 0 Å². The van der Waals surface area contributed by atoms with Gasteiger partial charge in [0.2, 0.25) is 0 Å². The van der Waals surface area contributed by atoms with Gasteiger partial charge in [-0.2, -0.15) is 0 Å². The fourth-order valence-electron chi connectivity index (χ4n) is 6.01. The van der Waals surface area contributed by atoms with Crippen molar-refractivity contribution in [3.8, 4) is 17.2 Å². The molecule has 0 aromatic heterocycles. The van der Waals surface area contributed by atoms with E-state index in [1.54, 1.807) is 72.8 Å². The predicted molar refractivity (Wildman–Crippen MR) is 209 cm³/mol. The molecule has 4 aromatic carbocycles. The van der Waals surface area contributed by atoms with E-state index >= 15 is 0 Å². The third-order valence-corrected chi connectivity index (χ3v) is 9.11. The Bertz CT molecular complexity index is 2010. The monoisotopic (exact) mass is 703 g/mol. The van der Waals surface area contributed by atoms with Crippen LogP contribution in [0.1, 0.15) is 70.3 Å². The van der Waals surface area contributed by atoms with Gasteiger partial charge in [0.25, 0.3) is 0 Å². The highest BCUT2D eigenvalue weighted by molar-refractivity contribution is 5.91. The number of hydrogen-bond donors (Lipinski definition) is 5. The van der Waals surface area contributed by atoms with Crippen molar-refractivity contribution in [1.82, 2.24) is 0 Å². The Labute approximate surface area is 305 Å². The number of carbonyl (C=O) groups is 2. The van der Waals surface area contributed by atoms with Gasteiger partial charge >= 0.3 is 11.9 Å². The largest absolute Gasteiger partial charge is 0.484 e. The van der Waals surface area contributed by atoms with Crippen molar-refractivity contribution >= 4 is 40.4 Å². The minimum absolute atomic E-state index is 0.199. The van der Waals surface area contributed by atoms with Crippen molar-refractivity contribution in [2.75, 3.05) is 28.3 Å². The Kier molecular flexibility index (Phi) is 10.9. The van der Waals surface area contributed by atoms with Crippen LogP contribution in [0.2, 0.25) is 0 Å². The molecule has 0 saturated carbocycles. The maximum Gasteiger partial charge on any atom is 0.343 e. The average Bonchev–Trinajstić information content (AvgIpc) is 3.09. The maximum absolute atomic E-state index is 14.0. The van der Waals surface area contributed by atoms with E-state index in [-0.39, 0.29) is 11.5 Å². The molecule has 0 bridgehead atoms.